The van der Waals surface area contributed by atoms with E-state index in [1.54, 1.807) is 0 Å². The Labute approximate surface area is 159 Å². The van der Waals surface area contributed by atoms with Crippen LogP contribution in [0.4, 0.5) is 0 Å². The number of carboxylic acids is 1. The van der Waals surface area contributed by atoms with Crippen molar-refractivity contribution in [2.24, 2.45) is 5.92 Å². The van der Waals surface area contributed by atoms with E-state index in [2.05, 4.69) is 0 Å². The molecule has 8 nitrogen and oxygen atoms in total. The van der Waals surface area contributed by atoms with Gasteiger partial charge in [-0.05, 0) is 49.9 Å². The van der Waals surface area contributed by atoms with Crippen molar-refractivity contribution in [3.8, 4) is 0 Å². The maximum absolute atomic E-state index is 12.8. The van der Waals surface area contributed by atoms with Crippen molar-refractivity contribution in [1.82, 2.24) is 8.61 Å². The zero-order valence-corrected chi connectivity index (χ0v) is 16.6. The Balaban J connectivity index is 1.81. The second kappa shape index (κ2) is 7.86. The highest BCUT2D eigenvalue weighted by Gasteiger charge is 2.33. The molecule has 150 valence electrons. The van der Waals surface area contributed by atoms with E-state index < -0.39 is 31.9 Å². The standard InChI is InChI=1S/C17H24N2O6S2/c20-17(21)14-5-4-12-19(13-14)27(24,25)16-8-6-15(7-9-16)26(22,23)18-10-2-1-3-11-18/h6-9,14H,1-5,10-13H2,(H,20,21)/t14-/m0/s1. The molecule has 0 saturated carbocycles. The third-order valence-electron chi connectivity index (χ3n) is 5.15. The molecule has 0 aliphatic carbocycles. The normalized spacial score (nSPS) is 23.2. The van der Waals surface area contributed by atoms with Crippen LogP contribution in [0.3, 0.4) is 0 Å². The minimum atomic E-state index is -3.85. The maximum atomic E-state index is 12.8. The van der Waals surface area contributed by atoms with Crippen LogP contribution in [0, 0.1) is 5.92 Å². The van der Waals surface area contributed by atoms with Gasteiger partial charge in [0.25, 0.3) is 0 Å². The van der Waals surface area contributed by atoms with Crippen LogP contribution in [0.2, 0.25) is 0 Å². The molecule has 0 unspecified atom stereocenters. The second-order valence-electron chi connectivity index (χ2n) is 6.98. The zero-order chi connectivity index (χ0) is 19.7. The summed E-state index contributed by atoms with van der Waals surface area (Å²) in [6.45, 7) is 1.16. The molecule has 0 aromatic heterocycles. The summed E-state index contributed by atoms with van der Waals surface area (Å²) in [6.07, 6.45) is 3.60. The van der Waals surface area contributed by atoms with Crippen molar-refractivity contribution in [1.29, 1.82) is 0 Å². The van der Waals surface area contributed by atoms with Crippen LogP contribution in [0.5, 0.6) is 0 Å². The minimum Gasteiger partial charge on any atom is -0.481 e. The van der Waals surface area contributed by atoms with Gasteiger partial charge in [0.1, 0.15) is 0 Å². The molecule has 3 rings (SSSR count). The average molecular weight is 417 g/mol. The predicted octanol–water partition coefficient (Wildman–Crippen LogP) is 1.35. The molecule has 10 heteroatoms. The third-order valence-corrected chi connectivity index (χ3v) is 8.94. The Bertz CT molecular complexity index is 890. The summed E-state index contributed by atoms with van der Waals surface area (Å²) in [7, 11) is -7.48. The van der Waals surface area contributed by atoms with Crippen LogP contribution in [-0.2, 0) is 24.8 Å². The number of hydrogen-bond acceptors (Lipinski definition) is 5. The van der Waals surface area contributed by atoms with Gasteiger partial charge >= 0.3 is 5.97 Å². The lowest BCUT2D eigenvalue weighted by Gasteiger charge is -2.30. The molecule has 0 bridgehead atoms. The molecule has 2 aliphatic rings. The highest BCUT2D eigenvalue weighted by atomic mass is 32.2. The van der Waals surface area contributed by atoms with Crippen molar-refractivity contribution in [3.05, 3.63) is 24.3 Å². The van der Waals surface area contributed by atoms with E-state index in [9.17, 15) is 21.6 Å². The Morgan fingerprint density at radius 3 is 1.81 bits per heavy atom. The SMILES string of the molecule is O=C(O)[C@H]1CCCN(S(=O)(=O)c2ccc(S(=O)(=O)N3CCCCC3)cc2)C1. The minimum absolute atomic E-state index is 0.0221. The second-order valence-corrected chi connectivity index (χ2v) is 10.9. The molecular formula is C17H24N2O6S2. The molecule has 2 heterocycles. The number of benzene rings is 1. The van der Waals surface area contributed by atoms with E-state index in [4.69, 9.17) is 5.11 Å². The number of sulfonamides is 2. The van der Waals surface area contributed by atoms with Gasteiger partial charge in [0.2, 0.25) is 20.0 Å². The van der Waals surface area contributed by atoms with Gasteiger partial charge in [-0.2, -0.15) is 8.61 Å². The van der Waals surface area contributed by atoms with E-state index in [0.29, 0.717) is 25.9 Å². The van der Waals surface area contributed by atoms with Gasteiger partial charge in [0, 0.05) is 26.2 Å². The van der Waals surface area contributed by atoms with E-state index in [0.717, 1.165) is 19.3 Å². The van der Waals surface area contributed by atoms with Gasteiger partial charge < -0.3 is 5.11 Å². The largest absolute Gasteiger partial charge is 0.481 e. The summed E-state index contributed by atoms with van der Waals surface area (Å²) in [5.74, 6) is -1.72. The monoisotopic (exact) mass is 416 g/mol. The average Bonchev–Trinajstić information content (AvgIpc) is 2.69. The van der Waals surface area contributed by atoms with Gasteiger partial charge in [-0.25, -0.2) is 16.8 Å². The fourth-order valence-electron chi connectivity index (χ4n) is 3.55. The van der Waals surface area contributed by atoms with Crippen LogP contribution >= 0.6 is 0 Å². The smallest absolute Gasteiger partial charge is 0.307 e. The van der Waals surface area contributed by atoms with E-state index in [1.165, 1.54) is 32.9 Å². The lowest BCUT2D eigenvalue weighted by atomic mass is 10.0. The molecule has 1 atom stereocenters. The third kappa shape index (κ3) is 4.18. The van der Waals surface area contributed by atoms with Crippen LogP contribution in [-0.4, -0.2) is 62.7 Å². The van der Waals surface area contributed by atoms with Crippen molar-refractivity contribution in [3.63, 3.8) is 0 Å². The van der Waals surface area contributed by atoms with Crippen molar-refractivity contribution >= 4 is 26.0 Å². The molecule has 1 N–H and O–H groups in total. The number of piperidine rings is 2. The van der Waals surface area contributed by atoms with Crippen LogP contribution in [0.1, 0.15) is 32.1 Å². The first-order chi connectivity index (χ1) is 12.7. The first kappa shape index (κ1) is 20.2. The first-order valence-corrected chi connectivity index (χ1v) is 11.9. The molecule has 27 heavy (non-hydrogen) atoms. The van der Waals surface area contributed by atoms with Gasteiger partial charge in [0.15, 0.2) is 0 Å². The molecule has 1 aromatic carbocycles. The number of carboxylic acid groups (broad SMARTS) is 1. The Hall–Kier alpha value is -1.49. The van der Waals surface area contributed by atoms with Crippen LogP contribution < -0.4 is 0 Å². The molecular weight excluding hydrogens is 392 g/mol. The topological polar surface area (TPSA) is 112 Å². The fourth-order valence-corrected chi connectivity index (χ4v) is 6.59. The molecule has 2 aliphatic heterocycles. The lowest BCUT2D eigenvalue weighted by Crippen LogP contribution is -2.42. The highest BCUT2D eigenvalue weighted by molar-refractivity contribution is 7.89. The summed E-state index contributed by atoms with van der Waals surface area (Å²) in [5.41, 5.74) is 0. The fraction of sp³-hybridized carbons (Fsp3) is 0.588. The van der Waals surface area contributed by atoms with E-state index >= 15 is 0 Å². The summed E-state index contributed by atoms with van der Waals surface area (Å²) in [4.78, 5) is 11.2. The Morgan fingerprint density at radius 2 is 1.30 bits per heavy atom. The van der Waals surface area contributed by atoms with Gasteiger partial charge in [-0.3, -0.25) is 4.79 Å². The number of aliphatic carboxylic acids is 1. The summed E-state index contributed by atoms with van der Waals surface area (Å²) in [5, 5.41) is 9.15. The van der Waals surface area contributed by atoms with Crippen molar-refractivity contribution in [2.75, 3.05) is 26.2 Å². The Morgan fingerprint density at radius 1 is 0.815 bits per heavy atom. The zero-order valence-electron chi connectivity index (χ0n) is 15.0. The van der Waals surface area contributed by atoms with Crippen molar-refractivity contribution in [2.45, 2.75) is 41.9 Å². The van der Waals surface area contributed by atoms with Crippen LogP contribution in [0.25, 0.3) is 0 Å². The first-order valence-electron chi connectivity index (χ1n) is 9.06. The quantitative estimate of drug-likeness (QED) is 0.775. The summed E-state index contributed by atoms with van der Waals surface area (Å²) in [6, 6.07) is 5.21. The van der Waals surface area contributed by atoms with E-state index in [1.807, 2.05) is 0 Å². The van der Waals surface area contributed by atoms with Gasteiger partial charge in [-0.1, -0.05) is 6.42 Å². The summed E-state index contributed by atoms with van der Waals surface area (Å²) < 4.78 is 53.5. The number of nitrogens with zero attached hydrogens (tertiary/aromatic N) is 2. The number of carbonyl (C=O) groups is 1. The van der Waals surface area contributed by atoms with E-state index in [-0.39, 0.29) is 22.9 Å². The Kier molecular flexibility index (Phi) is 5.90. The van der Waals surface area contributed by atoms with Gasteiger partial charge in [-0.15, -0.1) is 0 Å². The molecule has 0 radical (unpaired) electrons. The number of rotatable bonds is 5. The summed E-state index contributed by atoms with van der Waals surface area (Å²) >= 11 is 0. The van der Waals surface area contributed by atoms with Gasteiger partial charge in [0.05, 0.1) is 15.7 Å². The highest BCUT2D eigenvalue weighted by Crippen LogP contribution is 2.26. The lowest BCUT2D eigenvalue weighted by molar-refractivity contribution is -0.142. The molecule has 2 fully saturated rings. The van der Waals surface area contributed by atoms with Crippen molar-refractivity contribution < 1.29 is 26.7 Å². The predicted molar refractivity (Wildman–Crippen MR) is 98.2 cm³/mol. The van der Waals surface area contributed by atoms with Crippen LogP contribution in [0.15, 0.2) is 34.1 Å². The molecule has 1 aromatic rings. The maximum Gasteiger partial charge on any atom is 0.307 e. The molecule has 0 spiro atoms. The number of hydrogen-bond donors (Lipinski definition) is 1. The molecule has 2 saturated heterocycles. The molecule has 0 amide bonds.